The maximum atomic E-state index is 11.3. The lowest BCUT2D eigenvalue weighted by Gasteiger charge is -2.13. The molecule has 0 amide bonds. The second kappa shape index (κ2) is 2.37. The highest BCUT2D eigenvalue weighted by molar-refractivity contribution is 4.68. The molecule has 1 radical (unpaired) electrons. The van der Waals surface area contributed by atoms with Gasteiger partial charge in [-0.15, -0.1) is 13.2 Å². The van der Waals surface area contributed by atoms with E-state index in [-0.39, 0.29) is 0 Å². The van der Waals surface area contributed by atoms with Crippen molar-refractivity contribution in [1.82, 2.24) is 5.32 Å². The molecule has 1 atom stereocenters. The van der Waals surface area contributed by atoms with E-state index in [4.69, 9.17) is 0 Å². The first-order valence-corrected chi connectivity index (χ1v) is 2.31. The lowest BCUT2D eigenvalue weighted by Crippen LogP contribution is -2.31. The molecule has 1 N–H and O–H groups in total. The number of alkyl halides is 3. The Morgan fingerprint density at radius 3 is 2.70 bits per heavy atom. The SMILES string of the molecule is FC(F)(F)OC1N[C]=CO1. The molecule has 0 aromatic rings. The van der Waals surface area contributed by atoms with Gasteiger partial charge in [0.1, 0.15) is 12.5 Å². The Kier molecular flexibility index (Phi) is 1.71. The predicted octanol–water partition coefficient (Wildman–Crippen LogP) is 0.701. The van der Waals surface area contributed by atoms with Crippen molar-refractivity contribution in [2.75, 3.05) is 0 Å². The van der Waals surface area contributed by atoms with E-state index in [1.807, 2.05) is 5.32 Å². The average Bonchev–Trinajstić information content (AvgIpc) is 2.12. The molecule has 57 valence electrons. The van der Waals surface area contributed by atoms with Crippen molar-refractivity contribution in [2.24, 2.45) is 0 Å². The fourth-order valence-electron chi connectivity index (χ4n) is 0.411. The van der Waals surface area contributed by atoms with Crippen LogP contribution in [-0.4, -0.2) is 12.8 Å². The lowest BCUT2D eigenvalue weighted by atomic mass is 11.0. The largest absolute Gasteiger partial charge is 0.527 e. The number of ether oxygens (including phenoxy) is 2. The van der Waals surface area contributed by atoms with Gasteiger partial charge in [0, 0.05) is 0 Å². The Hall–Kier alpha value is -0.910. The van der Waals surface area contributed by atoms with Crippen LogP contribution in [0.2, 0.25) is 0 Å². The Balaban J connectivity index is 2.26. The van der Waals surface area contributed by atoms with Gasteiger partial charge in [0.25, 0.3) is 6.41 Å². The molecule has 0 bridgehead atoms. The number of nitrogens with one attached hydrogen (secondary N) is 1. The molecule has 0 aliphatic carbocycles. The highest BCUT2D eigenvalue weighted by Gasteiger charge is 2.34. The summed E-state index contributed by atoms with van der Waals surface area (Å²) in [7, 11) is 0. The first-order valence-electron chi connectivity index (χ1n) is 2.31. The first kappa shape index (κ1) is 7.20. The quantitative estimate of drug-likeness (QED) is 0.603. The molecular weight excluding hydrogens is 151 g/mol. The minimum Gasteiger partial charge on any atom is -0.452 e. The predicted molar refractivity (Wildman–Crippen MR) is 23.0 cm³/mol. The fourth-order valence-corrected chi connectivity index (χ4v) is 0.411. The highest BCUT2D eigenvalue weighted by atomic mass is 19.4. The number of hydrogen-bond acceptors (Lipinski definition) is 3. The summed E-state index contributed by atoms with van der Waals surface area (Å²) in [6.07, 6.45) is -3.04. The molecule has 1 aliphatic heterocycles. The molecule has 1 rings (SSSR count). The van der Waals surface area contributed by atoms with E-state index < -0.39 is 12.8 Å². The lowest BCUT2D eigenvalue weighted by molar-refractivity contribution is -0.373. The van der Waals surface area contributed by atoms with Gasteiger partial charge in [-0.3, -0.25) is 0 Å². The van der Waals surface area contributed by atoms with Crippen molar-refractivity contribution in [3.63, 3.8) is 0 Å². The number of halogens is 3. The molecule has 0 fully saturated rings. The molecule has 10 heavy (non-hydrogen) atoms. The van der Waals surface area contributed by atoms with Crippen molar-refractivity contribution in [1.29, 1.82) is 0 Å². The van der Waals surface area contributed by atoms with Gasteiger partial charge in [0.2, 0.25) is 0 Å². The number of hydrogen-bond donors (Lipinski definition) is 1. The van der Waals surface area contributed by atoms with Crippen LogP contribution in [0.3, 0.4) is 0 Å². The van der Waals surface area contributed by atoms with E-state index in [0.717, 1.165) is 6.26 Å². The Labute approximate surface area is 54.4 Å². The van der Waals surface area contributed by atoms with Crippen LogP contribution in [0, 0.1) is 6.20 Å². The van der Waals surface area contributed by atoms with Gasteiger partial charge in [0.05, 0.1) is 0 Å². The van der Waals surface area contributed by atoms with Crippen LogP contribution in [0.25, 0.3) is 0 Å². The van der Waals surface area contributed by atoms with E-state index in [0.29, 0.717) is 0 Å². The smallest absolute Gasteiger partial charge is 0.452 e. The van der Waals surface area contributed by atoms with E-state index in [9.17, 15) is 13.2 Å². The van der Waals surface area contributed by atoms with Gasteiger partial charge in [-0.25, -0.2) is 4.74 Å². The minimum absolute atomic E-state index is 0.955. The normalized spacial score (nSPS) is 24.1. The van der Waals surface area contributed by atoms with Crippen molar-refractivity contribution in [3.05, 3.63) is 12.5 Å². The van der Waals surface area contributed by atoms with Crippen molar-refractivity contribution < 1.29 is 22.6 Å². The second-order valence-electron chi connectivity index (χ2n) is 1.44. The Morgan fingerprint density at radius 1 is 1.60 bits per heavy atom. The van der Waals surface area contributed by atoms with Gasteiger partial charge in [-0.05, 0) is 0 Å². The van der Waals surface area contributed by atoms with Crippen LogP contribution in [0.4, 0.5) is 13.2 Å². The maximum absolute atomic E-state index is 11.3. The Bertz CT molecular complexity index is 136. The van der Waals surface area contributed by atoms with Crippen LogP contribution in [0.5, 0.6) is 0 Å². The average molecular weight is 154 g/mol. The van der Waals surface area contributed by atoms with E-state index >= 15 is 0 Å². The second-order valence-corrected chi connectivity index (χ2v) is 1.44. The van der Waals surface area contributed by atoms with E-state index in [2.05, 4.69) is 15.7 Å². The standard InChI is InChI=1S/C4H3F3NO2/c5-4(6,7)10-3-8-1-2-9-3/h2-3,8H. The van der Waals surface area contributed by atoms with Crippen LogP contribution < -0.4 is 5.32 Å². The van der Waals surface area contributed by atoms with E-state index in [1.54, 1.807) is 0 Å². The van der Waals surface area contributed by atoms with Crippen LogP contribution in [-0.2, 0) is 9.47 Å². The zero-order valence-corrected chi connectivity index (χ0v) is 4.61. The number of rotatable bonds is 1. The molecule has 1 heterocycles. The third kappa shape index (κ3) is 2.14. The van der Waals surface area contributed by atoms with Crippen molar-refractivity contribution >= 4 is 0 Å². The molecule has 1 unspecified atom stereocenters. The van der Waals surface area contributed by atoms with Gasteiger partial charge in [-0.2, -0.15) is 0 Å². The molecule has 1 aliphatic rings. The highest BCUT2D eigenvalue weighted by Crippen LogP contribution is 2.19. The Morgan fingerprint density at radius 2 is 2.30 bits per heavy atom. The zero-order valence-electron chi connectivity index (χ0n) is 4.61. The van der Waals surface area contributed by atoms with Crippen LogP contribution in [0.1, 0.15) is 0 Å². The summed E-state index contributed by atoms with van der Waals surface area (Å²) in [5.41, 5.74) is 0. The summed E-state index contributed by atoms with van der Waals surface area (Å²) < 4.78 is 41.6. The zero-order chi connectivity index (χ0) is 7.61. The van der Waals surface area contributed by atoms with Gasteiger partial charge in [-0.1, -0.05) is 0 Å². The van der Waals surface area contributed by atoms with Crippen LogP contribution >= 0.6 is 0 Å². The molecular formula is C4H3F3NO2. The summed E-state index contributed by atoms with van der Waals surface area (Å²) in [5, 5.41) is 2.04. The van der Waals surface area contributed by atoms with Crippen molar-refractivity contribution in [3.8, 4) is 0 Å². The third-order valence-electron chi connectivity index (χ3n) is 0.692. The summed E-state index contributed by atoms with van der Waals surface area (Å²) >= 11 is 0. The molecule has 3 nitrogen and oxygen atoms in total. The van der Waals surface area contributed by atoms with Crippen LogP contribution in [0.15, 0.2) is 6.26 Å². The fraction of sp³-hybridized carbons (Fsp3) is 0.500. The molecule has 6 heteroatoms. The molecule has 0 saturated carbocycles. The third-order valence-corrected chi connectivity index (χ3v) is 0.692. The summed E-state index contributed by atoms with van der Waals surface area (Å²) in [4.78, 5) is 0. The molecule has 0 spiro atoms. The first-order chi connectivity index (χ1) is 4.58. The summed E-state index contributed by atoms with van der Waals surface area (Å²) in [5.74, 6) is 0. The van der Waals surface area contributed by atoms with Gasteiger partial charge < -0.3 is 10.1 Å². The summed E-state index contributed by atoms with van der Waals surface area (Å²) in [6.45, 7) is 0. The monoisotopic (exact) mass is 154 g/mol. The van der Waals surface area contributed by atoms with Gasteiger partial charge >= 0.3 is 6.36 Å². The molecule has 0 aromatic heterocycles. The molecule has 0 saturated heterocycles. The molecule has 0 aromatic carbocycles. The summed E-state index contributed by atoms with van der Waals surface area (Å²) in [6, 6.07) is 0. The minimum atomic E-state index is -4.68. The maximum Gasteiger partial charge on any atom is 0.527 e. The van der Waals surface area contributed by atoms with Gasteiger partial charge in [0.15, 0.2) is 0 Å². The topological polar surface area (TPSA) is 30.5 Å². The van der Waals surface area contributed by atoms with E-state index in [1.165, 1.54) is 0 Å². The van der Waals surface area contributed by atoms with Crippen molar-refractivity contribution in [2.45, 2.75) is 12.8 Å².